The minimum absolute atomic E-state index is 0.0483. The molecule has 13 heteroatoms. The SMILES string of the molecule is CC(C)(C)[Si](OC1C[C@H](n2cnc3c(=O)[nH]c(N)nc32)O[C@@H]1CON1C(=O)c2ccccc2C1=O)(c1ccccc1)c1ccccc1. The van der Waals surface area contributed by atoms with Crippen molar-refractivity contribution in [2.75, 3.05) is 12.3 Å². The molecule has 240 valence electrons. The maximum atomic E-state index is 13.1. The lowest BCUT2D eigenvalue weighted by molar-refractivity contribution is -0.139. The van der Waals surface area contributed by atoms with Crippen molar-refractivity contribution in [3.8, 4) is 0 Å². The van der Waals surface area contributed by atoms with E-state index in [0.29, 0.717) is 6.42 Å². The predicted octanol–water partition coefficient (Wildman–Crippen LogP) is 3.16. The van der Waals surface area contributed by atoms with Gasteiger partial charge in [0.05, 0.1) is 23.6 Å². The van der Waals surface area contributed by atoms with Crippen molar-refractivity contribution in [1.82, 2.24) is 24.6 Å². The molecule has 3 aromatic carbocycles. The number of nitrogen functional groups attached to an aromatic ring is 1. The van der Waals surface area contributed by atoms with Crippen LogP contribution in [-0.4, -0.2) is 63.5 Å². The van der Waals surface area contributed by atoms with Gasteiger partial charge in [0.2, 0.25) is 5.95 Å². The van der Waals surface area contributed by atoms with Crippen molar-refractivity contribution < 1.29 is 23.6 Å². The summed E-state index contributed by atoms with van der Waals surface area (Å²) in [6.07, 6.45) is -0.154. The first-order chi connectivity index (χ1) is 22.6. The molecule has 2 aliphatic rings. The first kappa shape index (κ1) is 30.7. The average Bonchev–Trinajstić information content (AvgIpc) is 3.73. The molecule has 2 aliphatic heterocycles. The highest BCUT2D eigenvalue weighted by Crippen LogP contribution is 2.42. The molecule has 12 nitrogen and oxygen atoms in total. The number of aromatic amines is 1. The Hall–Kier alpha value is -4.95. The summed E-state index contributed by atoms with van der Waals surface area (Å²) < 4.78 is 15.7. The van der Waals surface area contributed by atoms with E-state index in [4.69, 9.17) is 19.7 Å². The van der Waals surface area contributed by atoms with E-state index in [2.05, 4.69) is 60.0 Å². The fourth-order valence-corrected chi connectivity index (χ4v) is 11.4. The molecule has 1 fully saturated rings. The molecule has 47 heavy (non-hydrogen) atoms. The third kappa shape index (κ3) is 5.17. The molecule has 0 radical (unpaired) electrons. The summed E-state index contributed by atoms with van der Waals surface area (Å²) in [5.41, 5.74) is 6.37. The molecule has 7 rings (SSSR count). The predicted molar refractivity (Wildman–Crippen MR) is 176 cm³/mol. The molecule has 3 N–H and O–H groups in total. The lowest BCUT2D eigenvalue weighted by Gasteiger charge is -2.45. The van der Waals surface area contributed by atoms with Crippen LogP contribution in [0.15, 0.2) is 96.1 Å². The number of H-pyrrole nitrogens is 1. The summed E-state index contributed by atoms with van der Waals surface area (Å²) in [7, 11) is -3.08. The molecule has 0 saturated carbocycles. The van der Waals surface area contributed by atoms with E-state index >= 15 is 0 Å². The number of ether oxygens (including phenoxy) is 1. The van der Waals surface area contributed by atoms with Crippen LogP contribution in [0.4, 0.5) is 5.95 Å². The van der Waals surface area contributed by atoms with Gasteiger partial charge < -0.3 is 14.9 Å². The molecular formula is C34H34N6O6Si. The quantitative estimate of drug-likeness (QED) is 0.190. The molecule has 5 aromatic rings. The van der Waals surface area contributed by atoms with Gasteiger partial charge in [0.15, 0.2) is 11.2 Å². The number of nitrogens with one attached hydrogen (secondary N) is 1. The van der Waals surface area contributed by atoms with E-state index in [1.165, 1.54) is 6.33 Å². The monoisotopic (exact) mass is 650 g/mol. The highest BCUT2D eigenvalue weighted by molar-refractivity contribution is 6.99. The molecule has 2 aromatic heterocycles. The molecule has 1 saturated heterocycles. The van der Waals surface area contributed by atoms with Crippen LogP contribution in [0.25, 0.3) is 11.2 Å². The van der Waals surface area contributed by atoms with Gasteiger partial charge in [0.25, 0.3) is 25.7 Å². The Balaban J connectivity index is 1.28. The van der Waals surface area contributed by atoms with E-state index in [0.717, 1.165) is 15.4 Å². The van der Waals surface area contributed by atoms with E-state index in [-0.39, 0.29) is 39.9 Å². The zero-order chi connectivity index (χ0) is 32.9. The first-order valence-electron chi connectivity index (χ1n) is 15.4. The molecule has 0 spiro atoms. The van der Waals surface area contributed by atoms with E-state index in [1.807, 2.05) is 36.4 Å². The van der Waals surface area contributed by atoms with Gasteiger partial charge in [0, 0.05) is 6.42 Å². The summed E-state index contributed by atoms with van der Waals surface area (Å²) in [5, 5.41) is 2.61. The summed E-state index contributed by atoms with van der Waals surface area (Å²) in [6, 6.07) is 27.0. The van der Waals surface area contributed by atoms with Crippen LogP contribution in [0.1, 0.15) is 54.1 Å². The van der Waals surface area contributed by atoms with Crippen molar-refractivity contribution in [2.24, 2.45) is 0 Å². The van der Waals surface area contributed by atoms with Crippen LogP contribution in [0.3, 0.4) is 0 Å². The Kier molecular flexibility index (Phi) is 7.63. The number of aromatic nitrogens is 4. The second-order valence-corrected chi connectivity index (χ2v) is 17.0. The average molecular weight is 651 g/mol. The van der Waals surface area contributed by atoms with Crippen LogP contribution in [0, 0.1) is 0 Å². The van der Waals surface area contributed by atoms with Gasteiger partial charge in [-0.05, 0) is 27.5 Å². The summed E-state index contributed by atoms with van der Waals surface area (Å²) in [6.45, 7) is 6.38. The van der Waals surface area contributed by atoms with Gasteiger partial charge in [0.1, 0.15) is 18.9 Å². The fourth-order valence-electron chi connectivity index (χ4n) is 6.65. The molecule has 2 amide bonds. The van der Waals surface area contributed by atoms with Crippen molar-refractivity contribution in [3.63, 3.8) is 0 Å². The molecule has 4 heterocycles. The maximum Gasteiger partial charge on any atom is 0.285 e. The van der Waals surface area contributed by atoms with Crippen LogP contribution < -0.4 is 21.7 Å². The summed E-state index contributed by atoms with van der Waals surface area (Å²) in [5.74, 6) is -1.12. The van der Waals surface area contributed by atoms with Gasteiger partial charge in [-0.1, -0.05) is 93.6 Å². The lowest BCUT2D eigenvalue weighted by Crippen LogP contribution is -2.68. The topological polar surface area (TPSA) is 155 Å². The van der Waals surface area contributed by atoms with Crippen LogP contribution in [0.5, 0.6) is 0 Å². The number of imide groups is 1. The number of nitrogens with zero attached hydrogens (tertiary/aromatic N) is 4. The van der Waals surface area contributed by atoms with E-state index in [9.17, 15) is 14.4 Å². The Morgan fingerprint density at radius 3 is 2.06 bits per heavy atom. The smallest absolute Gasteiger partial charge is 0.285 e. The molecule has 3 atom stereocenters. The minimum Gasteiger partial charge on any atom is -0.402 e. The lowest BCUT2D eigenvalue weighted by atomic mass is 10.1. The number of carbonyl (C=O) groups excluding carboxylic acids is 2. The van der Waals surface area contributed by atoms with Gasteiger partial charge >= 0.3 is 0 Å². The number of fused-ring (bicyclic) bond motifs is 2. The second-order valence-electron chi connectivity index (χ2n) is 12.7. The number of benzene rings is 3. The Morgan fingerprint density at radius 1 is 0.915 bits per heavy atom. The minimum atomic E-state index is -3.08. The van der Waals surface area contributed by atoms with Gasteiger partial charge in [-0.15, -0.1) is 5.06 Å². The Labute approximate surface area is 271 Å². The Morgan fingerprint density at radius 2 is 1.49 bits per heavy atom. The number of amides is 2. The number of hydrogen-bond acceptors (Lipinski definition) is 9. The van der Waals surface area contributed by atoms with Crippen LogP contribution in [-0.2, 0) is 14.0 Å². The zero-order valence-corrected chi connectivity index (χ0v) is 27.1. The molecular weight excluding hydrogens is 616 g/mol. The van der Waals surface area contributed by atoms with Gasteiger partial charge in [-0.2, -0.15) is 4.98 Å². The number of anilines is 1. The standard InChI is InChI=1S/C34H34N6O6Si/c1-34(2,3)47(21-12-6-4-7-13-21,22-14-8-5-9-15-22)46-25-18-27(39-20-36-28-29(39)37-33(35)38-30(28)41)45-26(25)19-44-40-31(42)23-16-10-11-17-24(23)32(40)43/h4-17,20,25-27H,18-19H2,1-3H3,(H3,35,37,38,41)/t25?,26-,27-/m1/s1. The van der Waals surface area contributed by atoms with Gasteiger partial charge in [-0.25, -0.2) is 4.98 Å². The van der Waals surface area contributed by atoms with Crippen molar-refractivity contribution in [1.29, 1.82) is 0 Å². The van der Waals surface area contributed by atoms with Crippen LogP contribution in [0.2, 0.25) is 5.04 Å². The highest BCUT2D eigenvalue weighted by Gasteiger charge is 2.54. The maximum absolute atomic E-state index is 13.1. The van der Waals surface area contributed by atoms with Crippen molar-refractivity contribution in [2.45, 2.75) is 50.7 Å². The first-order valence-corrected chi connectivity index (χ1v) is 17.3. The number of nitrogens with two attached hydrogens (primary N) is 1. The largest absolute Gasteiger partial charge is 0.402 e. The fraction of sp³-hybridized carbons (Fsp3) is 0.265. The molecule has 0 bridgehead atoms. The number of rotatable bonds is 8. The number of carbonyl (C=O) groups is 2. The van der Waals surface area contributed by atoms with E-state index < -0.39 is 44.1 Å². The van der Waals surface area contributed by atoms with Crippen LogP contribution >= 0.6 is 0 Å². The Bertz CT molecular complexity index is 1950. The molecule has 1 unspecified atom stereocenters. The highest BCUT2D eigenvalue weighted by atomic mass is 28.4. The summed E-state index contributed by atoms with van der Waals surface area (Å²) >= 11 is 0. The number of imidazole rings is 1. The zero-order valence-electron chi connectivity index (χ0n) is 26.1. The second kappa shape index (κ2) is 11.7. The van der Waals surface area contributed by atoms with Crippen molar-refractivity contribution in [3.05, 3.63) is 113 Å². The molecule has 0 aliphatic carbocycles. The van der Waals surface area contributed by atoms with Crippen molar-refractivity contribution >= 4 is 47.6 Å². The number of hydroxylamine groups is 2. The number of hydrogen-bond donors (Lipinski definition) is 2. The third-order valence-corrected chi connectivity index (χ3v) is 13.9. The van der Waals surface area contributed by atoms with Gasteiger partial charge in [-0.3, -0.25) is 28.8 Å². The summed E-state index contributed by atoms with van der Waals surface area (Å²) in [4.78, 5) is 55.9. The van der Waals surface area contributed by atoms with E-state index in [1.54, 1.807) is 28.8 Å². The normalized spacial score (nSPS) is 19.9. The third-order valence-electron chi connectivity index (χ3n) is 8.81.